The molecule has 90 valence electrons. The van der Waals surface area contributed by atoms with Crippen LogP contribution in [0.4, 0.5) is 4.39 Å². The van der Waals surface area contributed by atoms with E-state index in [-0.39, 0.29) is 5.82 Å². The molecule has 1 heterocycles. The highest BCUT2D eigenvalue weighted by atomic mass is 32.1. The summed E-state index contributed by atoms with van der Waals surface area (Å²) >= 11 is 1.56. The molecule has 1 nitrogen and oxygen atoms in total. The van der Waals surface area contributed by atoms with Crippen LogP contribution in [0.5, 0.6) is 0 Å². The van der Waals surface area contributed by atoms with E-state index in [0.29, 0.717) is 5.56 Å². The summed E-state index contributed by atoms with van der Waals surface area (Å²) in [6.45, 7) is 5.92. The Hall–Kier alpha value is -1.19. The van der Waals surface area contributed by atoms with Crippen molar-refractivity contribution in [2.24, 2.45) is 0 Å². The van der Waals surface area contributed by atoms with Gasteiger partial charge >= 0.3 is 0 Å². The normalized spacial score (nSPS) is 12.8. The molecule has 0 fully saturated rings. The van der Waals surface area contributed by atoms with Gasteiger partial charge in [-0.2, -0.15) is 0 Å². The Bertz CT molecular complexity index is 526. The molecule has 1 atom stereocenters. The number of aliphatic hydroxyl groups excluding tert-OH is 1. The number of aryl methyl sites for hydroxylation is 3. The number of rotatable bonds is 2. The predicted molar refractivity (Wildman–Crippen MR) is 69.0 cm³/mol. The topological polar surface area (TPSA) is 20.2 Å². The number of thiophene rings is 1. The summed E-state index contributed by atoms with van der Waals surface area (Å²) in [6.07, 6.45) is -0.733. The molecule has 1 aromatic carbocycles. The summed E-state index contributed by atoms with van der Waals surface area (Å²) in [5.41, 5.74) is 2.71. The van der Waals surface area contributed by atoms with E-state index in [0.717, 1.165) is 16.0 Å². The zero-order valence-corrected chi connectivity index (χ0v) is 10.9. The van der Waals surface area contributed by atoms with E-state index in [4.69, 9.17) is 0 Å². The Morgan fingerprint density at radius 1 is 1.12 bits per heavy atom. The highest BCUT2D eigenvalue weighted by Gasteiger charge is 2.16. The van der Waals surface area contributed by atoms with Crippen molar-refractivity contribution in [1.82, 2.24) is 0 Å². The van der Waals surface area contributed by atoms with Crippen LogP contribution in [0.3, 0.4) is 0 Å². The summed E-state index contributed by atoms with van der Waals surface area (Å²) in [7, 11) is 0. The Labute approximate surface area is 105 Å². The molecule has 0 radical (unpaired) electrons. The first-order valence-electron chi connectivity index (χ1n) is 5.50. The Morgan fingerprint density at radius 2 is 1.82 bits per heavy atom. The zero-order chi connectivity index (χ0) is 12.6. The van der Waals surface area contributed by atoms with Crippen molar-refractivity contribution < 1.29 is 9.50 Å². The van der Waals surface area contributed by atoms with Crippen LogP contribution in [-0.2, 0) is 0 Å². The molecule has 1 aromatic heterocycles. The van der Waals surface area contributed by atoms with Crippen LogP contribution in [0, 0.1) is 26.6 Å². The summed E-state index contributed by atoms with van der Waals surface area (Å²) in [4.78, 5) is 2.06. The van der Waals surface area contributed by atoms with E-state index in [2.05, 4.69) is 0 Å². The van der Waals surface area contributed by atoms with E-state index in [1.165, 1.54) is 17.0 Å². The van der Waals surface area contributed by atoms with Gasteiger partial charge in [0.1, 0.15) is 11.9 Å². The van der Waals surface area contributed by atoms with Gasteiger partial charge < -0.3 is 5.11 Å². The molecular weight excluding hydrogens is 235 g/mol. The maximum absolute atomic E-state index is 13.2. The monoisotopic (exact) mass is 250 g/mol. The fourth-order valence-electron chi connectivity index (χ4n) is 1.80. The molecule has 0 bridgehead atoms. The average molecular weight is 250 g/mol. The van der Waals surface area contributed by atoms with Crippen LogP contribution in [0.1, 0.15) is 32.5 Å². The van der Waals surface area contributed by atoms with E-state index < -0.39 is 6.10 Å². The van der Waals surface area contributed by atoms with Crippen molar-refractivity contribution in [3.8, 4) is 0 Å². The first kappa shape index (κ1) is 12.3. The van der Waals surface area contributed by atoms with Crippen molar-refractivity contribution in [3.63, 3.8) is 0 Å². The highest BCUT2D eigenvalue weighted by Crippen LogP contribution is 2.32. The van der Waals surface area contributed by atoms with Crippen molar-refractivity contribution in [1.29, 1.82) is 0 Å². The molecular formula is C14H15FOS. The third-order valence-electron chi connectivity index (χ3n) is 2.99. The third kappa shape index (κ3) is 2.40. The van der Waals surface area contributed by atoms with Gasteiger partial charge in [0.2, 0.25) is 0 Å². The summed E-state index contributed by atoms with van der Waals surface area (Å²) in [5, 5.41) is 10.3. The second-order valence-electron chi connectivity index (χ2n) is 4.29. The maximum atomic E-state index is 13.2. The summed E-state index contributed by atoms with van der Waals surface area (Å²) in [5.74, 6) is -0.311. The predicted octanol–water partition coefficient (Wildman–Crippen LogP) is 3.89. The first-order valence-corrected chi connectivity index (χ1v) is 6.31. The molecule has 17 heavy (non-hydrogen) atoms. The van der Waals surface area contributed by atoms with Crippen molar-refractivity contribution in [2.75, 3.05) is 0 Å². The molecule has 0 aliphatic carbocycles. The molecule has 0 aliphatic heterocycles. The minimum absolute atomic E-state index is 0.311. The Morgan fingerprint density at radius 3 is 2.41 bits per heavy atom. The van der Waals surface area contributed by atoms with Crippen LogP contribution in [0.15, 0.2) is 24.3 Å². The van der Waals surface area contributed by atoms with E-state index >= 15 is 0 Å². The summed E-state index contributed by atoms with van der Waals surface area (Å²) in [6, 6.07) is 6.48. The fraction of sp³-hybridized carbons (Fsp3) is 0.286. The van der Waals surface area contributed by atoms with Gasteiger partial charge in [-0.3, -0.25) is 0 Å². The molecule has 2 aromatic rings. The smallest absolute Gasteiger partial charge is 0.123 e. The lowest BCUT2D eigenvalue weighted by molar-refractivity contribution is 0.223. The van der Waals surface area contributed by atoms with Crippen LogP contribution < -0.4 is 0 Å². The van der Waals surface area contributed by atoms with Gasteiger partial charge in [-0.15, -0.1) is 11.3 Å². The summed E-state index contributed by atoms with van der Waals surface area (Å²) < 4.78 is 13.2. The second-order valence-corrected chi connectivity index (χ2v) is 5.58. The van der Waals surface area contributed by atoms with Gasteiger partial charge in [-0.25, -0.2) is 4.39 Å². The maximum Gasteiger partial charge on any atom is 0.123 e. The number of hydrogen-bond donors (Lipinski definition) is 1. The Kier molecular flexibility index (Phi) is 3.31. The lowest BCUT2D eigenvalue weighted by Crippen LogP contribution is -2.00. The second kappa shape index (κ2) is 4.59. The highest BCUT2D eigenvalue weighted by molar-refractivity contribution is 7.12. The Balaban J connectivity index is 2.42. The van der Waals surface area contributed by atoms with Gasteiger partial charge in [-0.05, 0) is 55.7 Å². The van der Waals surface area contributed by atoms with Crippen LogP contribution >= 0.6 is 11.3 Å². The molecule has 0 amide bonds. The third-order valence-corrected chi connectivity index (χ3v) is 4.20. The number of aliphatic hydroxyl groups is 1. The molecule has 0 spiro atoms. The standard InChI is InChI=1S/C14H15FOS/c1-8-4-5-11(15)7-12(8)14(16)13-6-9(2)10(3)17-13/h4-7,14,16H,1-3H3. The van der Waals surface area contributed by atoms with Crippen LogP contribution in [0.25, 0.3) is 0 Å². The molecule has 0 saturated heterocycles. The van der Waals surface area contributed by atoms with E-state index in [1.54, 1.807) is 17.4 Å². The minimum atomic E-state index is -0.733. The first-order chi connectivity index (χ1) is 7.99. The average Bonchev–Trinajstić information content (AvgIpc) is 2.62. The SMILES string of the molecule is Cc1ccc(F)cc1C(O)c1cc(C)c(C)s1. The molecule has 0 saturated carbocycles. The lowest BCUT2D eigenvalue weighted by atomic mass is 10.0. The lowest BCUT2D eigenvalue weighted by Gasteiger charge is -2.12. The van der Waals surface area contributed by atoms with Crippen molar-refractivity contribution in [2.45, 2.75) is 26.9 Å². The zero-order valence-electron chi connectivity index (χ0n) is 10.1. The van der Waals surface area contributed by atoms with E-state index in [9.17, 15) is 9.50 Å². The number of hydrogen-bond acceptors (Lipinski definition) is 2. The van der Waals surface area contributed by atoms with Crippen LogP contribution in [-0.4, -0.2) is 5.11 Å². The molecule has 1 unspecified atom stereocenters. The number of benzene rings is 1. The molecule has 1 N–H and O–H groups in total. The van der Waals surface area contributed by atoms with Gasteiger partial charge in [-0.1, -0.05) is 6.07 Å². The number of halogens is 1. The van der Waals surface area contributed by atoms with E-state index in [1.807, 2.05) is 26.8 Å². The fourth-order valence-corrected chi connectivity index (χ4v) is 2.84. The van der Waals surface area contributed by atoms with Gasteiger partial charge in [0.05, 0.1) is 0 Å². The van der Waals surface area contributed by atoms with Gasteiger partial charge in [0.25, 0.3) is 0 Å². The van der Waals surface area contributed by atoms with Crippen LogP contribution in [0.2, 0.25) is 0 Å². The molecule has 2 rings (SSSR count). The largest absolute Gasteiger partial charge is 0.383 e. The van der Waals surface area contributed by atoms with Gasteiger partial charge in [0.15, 0.2) is 0 Å². The molecule has 0 aliphatic rings. The quantitative estimate of drug-likeness (QED) is 0.857. The van der Waals surface area contributed by atoms with Crippen molar-refractivity contribution in [3.05, 3.63) is 56.5 Å². The minimum Gasteiger partial charge on any atom is -0.383 e. The van der Waals surface area contributed by atoms with Crippen molar-refractivity contribution >= 4 is 11.3 Å². The van der Waals surface area contributed by atoms with Gasteiger partial charge in [0, 0.05) is 9.75 Å². The molecule has 3 heteroatoms.